The predicted octanol–water partition coefficient (Wildman–Crippen LogP) is 3.54. The van der Waals surface area contributed by atoms with Gasteiger partial charge in [0.15, 0.2) is 11.5 Å². The minimum absolute atomic E-state index is 0.177. The van der Waals surface area contributed by atoms with E-state index in [0.29, 0.717) is 17.1 Å². The number of ether oxygens (including phenoxy) is 3. The monoisotopic (exact) mass is 505 g/mol. The van der Waals surface area contributed by atoms with Crippen LogP contribution in [-0.2, 0) is 14.3 Å². The van der Waals surface area contributed by atoms with Gasteiger partial charge in [-0.05, 0) is 64.0 Å². The third-order valence-electron chi connectivity index (χ3n) is 3.49. The summed E-state index contributed by atoms with van der Waals surface area (Å²) in [5.41, 5.74) is 0.685. The molecule has 0 aliphatic carbocycles. The molecule has 0 bridgehead atoms. The van der Waals surface area contributed by atoms with Crippen LogP contribution in [0.1, 0.15) is 19.4 Å². The number of esters is 1. The zero-order valence-electron chi connectivity index (χ0n) is 15.4. The smallest absolute Gasteiger partial charge is 0.326 e. The van der Waals surface area contributed by atoms with Crippen molar-refractivity contribution in [1.29, 1.82) is 0 Å². The van der Waals surface area contributed by atoms with E-state index < -0.39 is 23.7 Å². The lowest BCUT2D eigenvalue weighted by Crippen LogP contribution is -2.34. The Morgan fingerprint density at radius 3 is 2.56 bits per heavy atom. The minimum atomic E-state index is -0.604. The van der Waals surface area contributed by atoms with Gasteiger partial charge in [-0.3, -0.25) is 19.3 Å². The number of imide groups is 1. The predicted molar refractivity (Wildman–Crippen MR) is 111 cm³/mol. The fraction of sp³-hybridized carbons (Fsp3) is 0.389. The first-order valence-corrected chi connectivity index (χ1v) is 9.98. The summed E-state index contributed by atoms with van der Waals surface area (Å²) in [5, 5.41) is -0.497. The largest absolute Gasteiger partial charge is 0.493 e. The average molecular weight is 505 g/mol. The van der Waals surface area contributed by atoms with Crippen molar-refractivity contribution in [2.75, 3.05) is 27.4 Å². The molecule has 1 aliphatic rings. The topological polar surface area (TPSA) is 82.1 Å². The van der Waals surface area contributed by atoms with Crippen LogP contribution in [0.5, 0.6) is 11.5 Å². The lowest BCUT2D eigenvalue weighted by molar-refractivity contribution is -0.147. The molecule has 2 amide bonds. The highest BCUT2D eigenvalue weighted by Crippen LogP contribution is 2.37. The molecule has 0 spiro atoms. The lowest BCUT2D eigenvalue weighted by Gasteiger charge is -2.13. The van der Waals surface area contributed by atoms with E-state index in [2.05, 4.69) is 22.6 Å². The molecule has 9 heteroatoms. The van der Waals surface area contributed by atoms with Gasteiger partial charge in [0.1, 0.15) is 6.54 Å². The standard InChI is InChI=1S/C18H20INO6S/c1-10(2)9-26-15(21)8-20-17(22)14(27-18(20)23)7-11-5-12(19)16(25-4)13(6-11)24-3/h5-7,10H,8-9H2,1-4H3/b14-7+. The molecule has 1 fully saturated rings. The summed E-state index contributed by atoms with van der Waals surface area (Å²) in [7, 11) is 3.07. The Morgan fingerprint density at radius 1 is 1.26 bits per heavy atom. The van der Waals surface area contributed by atoms with Crippen molar-refractivity contribution >= 4 is 57.5 Å². The molecule has 0 unspecified atom stereocenters. The van der Waals surface area contributed by atoms with E-state index in [9.17, 15) is 14.4 Å². The van der Waals surface area contributed by atoms with E-state index in [4.69, 9.17) is 14.2 Å². The Bertz CT molecular complexity index is 792. The summed E-state index contributed by atoms with van der Waals surface area (Å²) in [6.07, 6.45) is 1.59. The molecule has 0 aromatic heterocycles. The second-order valence-electron chi connectivity index (χ2n) is 6.08. The van der Waals surface area contributed by atoms with Crippen molar-refractivity contribution in [2.45, 2.75) is 13.8 Å². The maximum absolute atomic E-state index is 12.5. The van der Waals surface area contributed by atoms with Crippen LogP contribution < -0.4 is 9.47 Å². The van der Waals surface area contributed by atoms with Crippen LogP contribution in [0, 0.1) is 9.49 Å². The minimum Gasteiger partial charge on any atom is -0.493 e. The van der Waals surface area contributed by atoms with E-state index in [-0.39, 0.29) is 17.4 Å². The van der Waals surface area contributed by atoms with Gasteiger partial charge in [0.2, 0.25) is 0 Å². The van der Waals surface area contributed by atoms with Crippen LogP contribution in [-0.4, -0.2) is 49.4 Å². The molecule has 0 radical (unpaired) electrons. The number of carbonyl (C=O) groups is 3. The molecule has 1 aromatic carbocycles. The number of hydrogen-bond acceptors (Lipinski definition) is 7. The zero-order chi connectivity index (χ0) is 20.1. The van der Waals surface area contributed by atoms with Crippen molar-refractivity contribution in [2.24, 2.45) is 5.92 Å². The third kappa shape index (κ3) is 5.38. The van der Waals surface area contributed by atoms with Crippen LogP contribution in [0.4, 0.5) is 4.79 Å². The van der Waals surface area contributed by atoms with Crippen molar-refractivity contribution in [3.8, 4) is 11.5 Å². The summed E-state index contributed by atoms with van der Waals surface area (Å²) in [4.78, 5) is 37.6. The molecular weight excluding hydrogens is 485 g/mol. The van der Waals surface area contributed by atoms with Crippen molar-refractivity contribution in [3.63, 3.8) is 0 Å². The van der Waals surface area contributed by atoms with E-state index in [1.165, 1.54) is 7.11 Å². The number of hydrogen-bond donors (Lipinski definition) is 0. The van der Waals surface area contributed by atoms with Gasteiger partial charge in [-0.25, -0.2) is 0 Å². The third-order valence-corrected chi connectivity index (χ3v) is 5.20. The Kier molecular flexibility index (Phi) is 7.54. The quantitative estimate of drug-likeness (QED) is 0.319. The fourth-order valence-electron chi connectivity index (χ4n) is 2.24. The number of nitrogens with zero attached hydrogens (tertiary/aromatic N) is 1. The van der Waals surface area contributed by atoms with Gasteiger partial charge in [-0.2, -0.15) is 0 Å². The number of benzene rings is 1. The van der Waals surface area contributed by atoms with Gasteiger partial charge < -0.3 is 14.2 Å². The number of methoxy groups -OCH3 is 2. The van der Waals surface area contributed by atoms with E-state index in [0.717, 1.165) is 20.2 Å². The molecule has 0 N–H and O–H groups in total. The molecule has 1 aliphatic heterocycles. The molecule has 0 saturated carbocycles. The first-order valence-electron chi connectivity index (χ1n) is 8.09. The Hall–Kier alpha value is -1.75. The van der Waals surface area contributed by atoms with Crippen LogP contribution in [0.2, 0.25) is 0 Å². The Morgan fingerprint density at radius 2 is 1.96 bits per heavy atom. The summed E-state index contributed by atoms with van der Waals surface area (Å²) < 4.78 is 16.4. The van der Waals surface area contributed by atoms with Crippen LogP contribution in [0.15, 0.2) is 17.0 Å². The molecule has 1 heterocycles. The highest BCUT2D eigenvalue weighted by molar-refractivity contribution is 14.1. The highest BCUT2D eigenvalue weighted by atomic mass is 127. The SMILES string of the molecule is COc1cc(/C=C2/SC(=O)N(CC(=O)OCC(C)C)C2=O)cc(I)c1OC. The summed E-state index contributed by atoms with van der Waals surface area (Å²) in [6.45, 7) is 3.66. The summed E-state index contributed by atoms with van der Waals surface area (Å²) in [6, 6.07) is 3.53. The van der Waals surface area contributed by atoms with Crippen molar-refractivity contribution in [1.82, 2.24) is 4.90 Å². The number of rotatable bonds is 7. The molecule has 1 aromatic rings. The van der Waals surface area contributed by atoms with E-state index in [1.807, 2.05) is 19.9 Å². The normalized spacial score (nSPS) is 15.6. The second kappa shape index (κ2) is 9.45. The van der Waals surface area contributed by atoms with Crippen molar-refractivity contribution in [3.05, 3.63) is 26.2 Å². The molecule has 27 heavy (non-hydrogen) atoms. The average Bonchev–Trinajstić information content (AvgIpc) is 2.86. The van der Waals surface area contributed by atoms with E-state index in [1.54, 1.807) is 19.3 Å². The van der Waals surface area contributed by atoms with Gasteiger partial charge in [0.05, 0.1) is 29.3 Å². The van der Waals surface area contributed by atoms with Crippen LogP contribution >= 0.6 is 34.4 Å². The maximum Gasteiger partial charge on any atom is 0.326 e. The number of halogens is 1. The molecule has 1 saturated heterocycles. The summed E-state index contributed by atoms with van der Waals surface area (Å²) in [5.74, 6) is 0.170. The van der Waals surface area contributed by atoms with E-state index >= 15 is 0 Å². The second-order valence-corrected chi connectivity index (χ2v) is 8.24. The Balaban J connectivity index is 2.18. The Labute approximate surface area is 175 Å². The molecular formula is C18H20INO6S. The number of carbonyl (C=O) groups excluding carboxylic acids is 3. The molecule has 146 valence electrons. The zero-order valence-corrected chi connectivity index (χ0v) is 18.4. The van der Waals surface area contributed by atoms with Crippen molar-refractivity contribution < 1.29 is 28.6 Å². The van der Waals surface area contributed by atoms with Gasteiger partial charge in [-0.1, -0.05) is 13.8 Å². The lowest BCUT2D eigenvalue weighted by atomic mass is 10.2. The maximum atomic E-state index is 12.5. The first kappa shape index (κ1) is 21.5. The van der Waals surface area contributed by atoms with Gasteiger partial charge in [0, 0.05) is 0 Å². The first-order chi connectivity index (χ1) is 12.8. The van der Waals surface area contributed by atoms with Crippen LogP contribution in [0.25, 0.3) is 6.08 Å². The molecule has 0 atom stereocenters. The fourth-order valence-corrected chi connectivity index (χ4v) is 3.93. The highest BCUT2D eigenvalue weighted by Gasteiger charge is 2.36. The summed E-state index contributed by atoms with van der Waals surface area (Å²) >= 11 is 2.89. The van der Waals surface area contributed by atoms with Gasteiger partial charge >= 0.3 is 5.97 Å². The van der Waals surface area contributed by atoms with Crippen LogP contribution in [0.3, 0.4) is 0 Å². The molecule has 2 rings (SSSR count). The molecule has 7 nitrogen and oxygen atoms in total. The van der Waals surface area contributed by atoms with Gasteiger partial charge in [-0.15, -0.1) is 0 Å². The number of thioether (sulfide) groups is 1. The van der Waals surface area contributed by atoms with Gasteiger partial charge in [0.25, 0.3) is 11.1 Å². The number of amides is 2.